The molecule has 1 fully saturated rings. The Morgan fingerprint density at radius 2 is 2.41 bits per heavy atom. The topological polar surface area (TPSA) is 54.0 Å². The van der Waals surface area contributed by atoms with Crippen LogP contribution in [0.2, 0.25) is 0 Å². The first-order valence-corrected chi connectivity index (χ1v) is 6.54. The first kappa shape index (κ1) is 14.4. The van der Waals surface area contributed by atoms with Gasteiger partial charge in [0.1, 0.15) is 0 Å². The molecule has 2 N–H and O–H groups in total. The van der Waals surface area contributed by atoms with Crippen molar-refractivity contribution in [3.8, 4) is 0 Å². The Morgan fingerprint density at radius 3 is 2.88 bits per heavy atom. The molecular formula is C11H18ClN3OS. The van der Waals surface area contributed by atoms with Gasteiger partial charge in [-0.25, -0.2) is 4.98 Å². The van der Waals surface area contributed by atoms with Crippen molar-refractivity contribution >= 4 is 29.7 Å². The molecule has 0 radical (unpaired) electrons. The van der Waals surface area contributed by atoms with Crippen molar-refractivity contribution in [3.05, 3.63) is 16.1 Å². The second kappa shape index (κ2) is 6.33. The summed E-state index contributed by atoms with van der Waals surface area (Å²) in [5.74, 6) is 0.282. The lowest BCUT2D eigenvalue weighted by Gasteiger charge is -2.27. The smallest absolute Gasteiger partial charge is 0.226 e. The highest BCUT2D eigenvalue weighted by atomic mass is 35.5. The molecule has 1 saturated heterocycles. The lowest BCUT2D eigenvalue weighted by Crippen LogP contribution is -2.51. The van der Waals surface area contributed by atoms with E-state index in [1.807, 2.05) is 12.3 Å². The van der Waals surface area contributed by atoms with Crippen LogP contribution in [-0.2, 0) is 11.2 Å². The molecule has 0 aromatic carbocycles. The molecule has 1 atom stereocenters. The quantitative estimate of drug-likeness (QED) is 0.876. The molecule has 4 nitrogen and oxygen atoms in total. The number of nitrogens with one attached hydrogen (secondary N) is 2. The summed E-state index contributed by atoms with van der Waals surface area (Å²) in [6.07, 6.45) is 0.956. The van der Waals surface area contributed by atoms with Gasteiger partial charge in [-0.15, -0.1) is 23.7 Å². The van der Waals surface area contributed by atoms with Crippen LogP contribution in [0.1, 0.15) is 30.6 Å². The van der Waals surface area contributed by atoms with Gasteiger partial charge in [-0.05, 0) is 13.3 Å². The maximum absolute atomic E-state index is 11.7. The van der Waals surface area contributed by atoms with Crippen LogP contribution < -0.4 is 10.6 Å². The highest BCUT2D eigenvalue weighted by Crippen LogP contribution is 2.17. The minimum Gasteiger partial charge on any atom is -0.348 e. The van der Waals surface area contributed by atoms with Crippen LogP contribution in [0.25, 0.3) is 0 Å². The number of amides is 1. The van der Waals surface area contributed by atoms with Crippen LogP contribution >= 0.6 is 23.7 Å². The van der Waals surface area contributed by atoms with Crippen molar-refractivity contribution in [1.29, 1.82) is 0 Å². The minimum absolute atomic E-state index is 0. The van der Waals surface area contributed by atoms with Crippen LogP contribution in [0.15, 0.2) is 5.38 Å². The number of aryl methyl sites for hydroxylation is 1. The van der Waals surface area contributed by atoms with Gasteiger partial charge in [0.25, 0.3) is 0 Å². The van der Waals surface area contributed by atoms with E-state index in [4.69, 9.17) is 0 Å². The van der Waals surface area contributed by atoms with E-state index in [0.717, 1.165) is 30.2 Å². The van der Waals surface area contributed by atoms with E-state index >= 15 is 0 Å². The molecule has 1 aromatic rings. The highest BCUT2D eigenvalue weighted by Gasteiger charge is 2.26. The number of hydrogen-bond donors (Lipinski definition) is 2. The Morgan fingerprint density at radius 1 is 1.71 bits per heavy atom. The summed E-state index contributed by atoms with van der Waals surface area (Å²) in [6, 6.07) is 0.0182. The number of halogens is 1. The van der Waals surface area contributed by atoms with E-state index in [2.05, 4.69) is 22.5 Å². The van der Waals surface area contributed by atoms with Crippen LogP contribution in [0.4, 0.5) is 0 Å². The maximum atomic E-state index is 11.7. The third kappa shape index (κ3) is 3.40. The second-order valence-corrected chi connectivity index (χ2v) is 5.05. The zero-order valence-electron chi connectivity index (χ0n) is 10.0. The zero-order valence-corrected chi connectivity index (χ0v) is 11.7. The largest absolute Gasteiger partial charge is 0.348 e. The Hall–Kier alpha value is -0.650. The number of carbonyl (C=O) groups is 1. The average molecular weight is 276 g/mol. The number of carbonyl (C=O) groups excluding carboxylic acids is 1. The maximum Gasteiger partial charge on any atom is 0.226 e. The fourth-order valence-electron chi connectivity index (χ4n) is 1.57. The molecule has 1 aromatic heterocycles. The number of thiazole rings is 1. The van der Waals surface area contributed by atoms with Crippen molar-refractivity contribution in [1.82, 2.24) is 15.6 Å². The van der Waals surface area contributed by atoms with Gasteiger partial charge in [0.05, 0.1) is 22.7 Å². The van der Waals surface area contributed by atoms with Gasteiger partial charge >= 0.3 is 0 Å². The Bertz CT molecular complexity index is 379. The molecule has 2 rings (SSSR count). The van der Waals surface area contributed by atoms with Gasteiger partial charge in [-0.3, -0.25) is 4.79 Å². The molecule has 1 aliphatic heterocycles. The first-order chi connectivity index (χ1) is 7.70. The fraction of sp³-hybridized carbons (Fsp3) is 0.636. The molecule has 17 heavy (non-hydrogen) atoms. The predicted octanol–water partition coefficient (Wildman–Crippen LogP) is 1.52. The average Bonchev–Trinajstić information content (AvgIpc) is 2.62. The van der Waals surface area contributed by atoms with Gasteiger partial charge in [-0.1, -0.05) is 6.92 Å². The van der Waals surface area contributed by atoms with E-state index in [1.54, 1.807) is 11.3 Å². The molecular weight excluding hydrogens is 258 g/mol. The number of aromatic nitrogens is 1. The third-order valence-corrected chi connectivity index (χ3v) is 3.84. The van der Waals surface area contributed by atoms with E-state index in [1.165, 1.54) is 0 Å². The van der Waals surface area contributed by atoms with Crippen LogP contribution in [0, 0.1) is 5.92 Å². The van der Waals surface area contributed by atoms with Crippen molar-refractivity contribution < 1.29 is 4.79 Å². The molecule has 1 unspecified atom stereocenters. The standard InChI is InChI=1S/C11H17N3OS.ClH/c1-3-10-14-9(6-16-10)7(2)13-11(15)8-4-12-5-8;/h6-8,12H,3-5H2,1-2H3,(H,13,15);1H. The SMILES string of the molecule is CCc1nc(C(C)NC(=O)C2CNC2)cs1.Cl. The van der Waals surface area contributed by atoms with Crippen molar-refractivity contribution in [2.45, 2.75) is 26.3 Å². The van der Waals surface area contributed by atoms with E-state index in [0.29, 0.717) is 0 Å². The molecule has 1 aliphatic rings. The summed E-state index contributed by atoms with van der Waals surface area (Å²) in [7, 11) is 0. The monoisotopic (exact) mass is 275 g/mol. The molecule has 0 bridgehead atoms. The van der Waals surface area contributed by atoms with E-state index in [-0.39, 0.29) is 30.3 Å². The van der Waals surface area contributed by atoms with Gasteiger partial charge in [0, 0.05) is 18.5 Å². The van der Waals surface area contributed by atoms with Gasteiger partial charge < -0.3 is 10.6 Å². The fourth-order valence-corrected chi connectivity index (χ4v) is 2.40. The van der Waals surface area contributed by atoms with Crippen molar-refractivity contribution in [3.63, 3.8) is 0 Å². The van der Waals surface area contributed by atoms with Gasteiger partial charge in [0.2, 0.25) is 5.91 Å². The minimum atomic E-state index is 0. The molecule has 2 heterocycles. The summed E-state index contributed by atoms with van der Waals surface area (Å²) in [4.78, 5) is 16.2. The zero-order chi connectivity index (χ0) is 11.5. The summed E-state index contributed by atoms with van der Waals surface area (Å²) in [6.45, 7) is 5.68. The summed E-state index contributed by atoms with van der Waals surface area (Å²) in [5.41, 5.74) is 0.975. The van der Waals surface area contributed by atoms with Gasteiger partial charge in [-0.2, -0.15) is 0 Å². The van der Waals surface area contributed by atoms with Crippen LogP contribution in [0.3, 0.4) is 0 Å². The Balaban J connectivity index is 0.00000144. The molecule has 96 valence electrons. The molecule has 1 amide bonds. The number of nitrogens with zero attached hydrogens (tertiary/aromatic N) is 1. The van der Waals surface area contributed by atoms with E-state index in [9.17, 15) is 4.79 Å². The predicted molar refractivity (Wildman–Crippen MR) is 71.7 cm³/mol. The van der Waals surface area contributed by atoms with Crippen molar-refractivity contribution in [2.75, 3.05) is 13.1 Å². The van der Waals surface area contributed by atoms with E-state index < -0.39 is 0 Å². The Labute approximate surface area is 112 Å². The molecule has 6 heteroatoms. The lowest BCUT2D eigenvalue weighted by atomic mass is 10.0. The summed E-state index contributed by atoms with van der Waals surface area (Å²) in [5, 5.41) is 9.25. The number of rotatable bonds is 4. The second-order valence-electron chi connectivity index (χ2n) is 4.11. The molecule has 0 spiro atoms. The molecule has 0 aliphatic carbocycles. The molecule has 0 saturated carbocycles. The first-order valence-electron chi connectivity index (χ1n) is 5.66. The highest BCUT2D eigenvalue weighted by molar-refractivity contribution is 7.09. The van der Waals surface area contributed by atoms with Crippen molar-refractivity contribution in [2.24, 2.45) is 5.92 Å². The normalized spacial score (nSPS) is 16.8. The summed E-state index contributed by atoms with van der Waals surface area (Å²) < 4.78 is 0. The number of hydrogen-bond acceptors (Lipinski definition) is 4. The lowest BCUT2D eigenvalue weighted by molar-refractivity contribution is -0.127. The van der Waals surface area contributed by atoms with Gasteiger partial charge in [0.15, 0.2) is 0 Å². The Kier molecular flexibility index (Phi) is 5.36. The van der Waals surface area contributed by atoms with Crippen LogP contribution in [0.5, 0.6) is 0 Å². The third-order valence-electron chi connectivity index (χ3n) is 2.83. The summed E-state index contributed by atoms with van der Waals surface area (Å²) >= 11 is 1.66. The van der Waals surface area contributed by atoms with Crippen LogP contribution in [-0.4, -0.2) is 24.0 Å².